The number of ether oxygens (including phenoxy) is 2. The zero-order valence-corrected chi connectivity index (χ0v) is 14.0. The molecule has 0 aliphatic rings. The molecule has 0 saturated carbocycles. The third-order valence-corrected chi connectivity index (χ3v) is 3.94. The summed E-state index contributed by atoms with van der Waals surface area (Å²) in [7, 11) is 0. The second-order valence-corrected chi connectivity index (χ2v) is 5.89. The van der Waals surface area contributed by atoms with Gasteiger partial charge < -0.3 is 9.47 Å². The van der Waals surface area contributed by atoms with Crippen LogP contribution in [0.1, 0.15) is 0 Å². The van der Waals surface area contributed by atoms with Crippen molar-refractivity contribution < 1.29 is 9.47 Å². The zero-order chi connectivity index (χ0) is 15.4. The number of pyridine rings is 1. The van der Waals surface area contributed by atoms with Gasteiger partial charge in [0.05, 0.1) is 4.47 Å². The number of para-hydroxylation sites is 1. The number of nitrogens with zero attached hydrogens (tertiary/aromatic N) is 1. The lowest BCUT2D eigenvalue weighted by Gasteiger charge is -2.11. The smallest absolute Gasteiger partial charge is 0.145 e. The third-order valence-electron chi connectivity index (χ3n) is 3.09. The van der Waals surface area contributed by atoms with Crippen LogP contribution in [0.15, 0.2) is 59.2 Å². The summed E-state index contributed by atoms with van der Waals surface area (Å²) in [6, 6.07) is 15.2. The van der Waals surface area contributed by atoms with Crippen molar-refractivity contribution in [2.45, 2.75) is 0 Å². The summed E-state index contributed by atoms with van der Waals surface area (Å²) in [5, 5.41) is 1.72. The predicted molar refractivity (Wildman–Crippen MR) is 91.9 cm³/mol. The fourth-order valence-corrected chi connectivity index (χ4v) is 2.89. The molecule has 2 aromatic carbocycles. The van der Waals surface area contributed by atoms with Gasteiger partial charge in [0.1, 0.15) is 30.2 Å². The highest BCUT2D eigenvalue weighted by Crippen LogP contribution is 2.28. The van der Waals surface area contributed by atoms with E-state index in [1.165, 1.54) is 0 Å². The lowest BCUT2D eigenvalue weighted by molar-refractivity contribution is 0.217. The molecule has 0 saturated heterocycles. The van der Waals surface area contributed by atoms with Crippen LogP contribution in [0.5, 0.6) is 11.5 Å². The lowest BCUT2D eigenvalue weighted by atomic mass is 10.2. The van der Waals surface area contributed by atoms with E-state index in [1.54, 1.807) is 18.3 Å². The maximum atomic E-state index is 5.90. The molecule has 0 fully saturated rings. The molecule has 22 heavy (non-hydrogen) atoms. The Balaban J connectivity index is 1.61. The molecule has 1 heterocycles. The quantitative estimate of drug-likeness (QED) is 0.578. The van der Waals surface area contributed by atoms with Crippen molar-refractivity contribution in [1.29, 1.82) is 0 Å². The second-order valence-electron chi connectivity index (χ2n) is 4.60. The molecule has 0 bridgehead atoms. The summed E-state index contributed by atoms with van der Waals surface area (Å²) in [6.07, 6.45) is 1.76. The SMILES string of the molecule is Clc1ccc(OCCOc2cccc3cccnc23)c(Br)c1. The van der Waals surface area contributed by atoms with E-state index in [1.807, 2.05) is 36.4 Å². The van der Waals surface area contributed by atoms with Crippen LogP contribution in [0.25, 0.3) is 10.9 Å². The van der Waals surface area contributed by atoms with Crippen LogP contribution in [0.4, 0.5) is 0 Å². The molecule has 0 radical (unpaired) electrons. The first kappa shape index (κ1) is 15.1. The average Bonchev–Trinajstić information content (AvgIpc) is 2.53. The fourth-order valence-electron chi connectivity index (χ4n) is 2.09. The van der Waals surface area contributed by atoms with Crippen molar-refractivity contribution in [3.8, 4) is 11.5 Å². The molecule has 0 aliphatic heterocycles. The molecule has 5 heteroatoms. The number of hydrogen-bond acceptors (Lipinski definition) is 3. The number of fused-ring (bicyclic) bond motifs is 1. The van der Waals surface area contributed by atoms with Crippen LogP contribution >= 0.6 is 27.5 Å². The van der Waals surface area contributed by atoms with E-state index in [-0.39, 0.29) is 0 Å². The van der Waals surface area contributed by atoms with E-state index in [0.717, 1.165) is 26.9 Å². The second kappa shape index (κ2) is 6.99. The maximum absolute atomic E-state index is 5.90. The molecular formula is C17H13BrClNO2. The Hall–Kier alpha value is -1.78. The Morgan fingerprint density at radius 1 is 0.955 bits per heavy atom. The van der Waals surface area contributed by atoms with Gasteiger partial charge in [-0.3, -0.25) is 4.98 Å². The Morgan fingerprint density at radius 3 is 2.55 bits per heavy atom. The number of benzene rings is 2. The Morgan fingerprint density at radius 2 is 1.73 bits per heavy atom. The molecular weight excluding hydrogens is 366 g/mol. The van der Waals surface area contributed by atoms with Crippen LogP contribution in [-0.2, 0) is 0 Å². The molecule has 0 unspecified atom stereocenters. The molecule has 0 amide bonds. The van der Waals surface area contributed by atoms with E-state index < -0.39 is 0 Å². The molecule has 1 aromatic heterocycles. The van der Waals surface area contributed by atoms with Crippen LogP contribution in [0, 0.1) is 0 Å². The highest BCUT2D eigenvalue weighted by atomic mass is 79.9. The lowest BCUT2D eigenvalue weighted by Crippen LogP contribution is -2.09. The summed E-state index contributed by atoms with van der Waals surface area (Å²) in [4.78, 5) is 4.35. The zero-order valence-electron chi connectivity index (χ0n) is 11.6. The highest BCUT2D eigenvalue weighted by Gasteiger charge is 2.04. The molecule has 0 atom stereocenters. The molecule has 3 nitrogen and oxygen atoms in total. The minimum Gasteiger partial charge on any atom is -0.489 e. The van der Waals surface area contributed by atoms with E-state index in [2.05, 4.69) is 20.9 Å². The molecule has 112 valence electrons. The molecule has 3 aromatic rings. The van der Waals surface area contributed by atoms with E-state index in [0.29, 0.717) is 18.2 Å². The number of rotatable bonds is 5. The summed E-state index contributed by atoms with van der Waals surface area (Å²) in [6.45, 7) is 0.869. The van der Waals surface area contributed by atoms with Gasteiger partial charge in [-0.15, -0.1) is 0 Å². The van der Waals surface area contributed by atoms with Gasteiger partial charge in [0.2, 0.25) is 0 Å². The van der Waals surface area contributed by atoms with Crippen molar-refractivity contribution >= 4 is 38.4 Å². The average molecular weight is 379 g/mol. The van der Waals surface area contributed by atoms with Crippen molar-refractivity contribution in [2.24, 2.45) is 0 Å². The summed E-state index contributed by atoms with van der Waals surface area (Å²) < 4.78 is 12.3. The van der Waals surface area contributed by atoms with Gasteiger partial charge in [-0.25, -0.2) is 0 Å². The first-order chi connectivity index (χ1) is 10.7. The topological polar surface area (TPSA) is 31.4 Å². The maximum Gasteiger partial charge on any atom is 0.145 e. The largest absolute Gasteiger partial charge is 0.489 e. The Kier molecular flexibility index (Phi) is 4.80. The van der Waals surface area contributed by atoms with Gasteiger partial charge in [0.15, 0.2) is 0 Å². The molecule has 0 N–H and O–H groups in total. The monoisotopic (exact) mass is 377 g/mol. The number of hydrogen-bond donors (Lipinski definition) is 0. The van der Waals surface area contributed by atoms with E-state index >= 15 is 0 Å². The van der Waals surface area contributed by atoms with Gasteiger partial charge in [-0.1, -0.05) is 29.8 Å². The number of aromatic nitrogens is 1. The van der Waals surface area contributed by atoms with Gasteiger partial charge >= 0.3 is 0 Å². The molecule has 0 aliphatic carbocycles. The van der Waals surface area contributed by atoms with Crippen molar-refractivity contribution in [3.05, 3.63) is 64.2 Å². The van der Waals surface area contributed by atoms with Crippen molar-refractivity contribution in [2.75, 3.05) is 13.2 Å². The predicted octanol–water partition coefficient (Wildman–Crippen LogP) is 5.11. The van der Waals surface area contributed by atoms with Crippen LogP contribution < -0.4 is 9.47 Å². The van der Waals surface area contributed by atoms with Crippen molar-refractivity contribution in [1.82, 2.24) is 4.98 Å². The van der Waals surface area contributed by atoms with Gasteiger partial charge in [0.25, 0.3) is 0 Å². The first-order valence-corrected chi connectivity index (χ1v) is 7.95. The van der Waals surface area contributed by atoms with Crippen LogP contribution in [0.3, 0.4) is 0 Å². The van der Waals surface area contributed by atoms with Gasteiger partial charge in [-0.05, 0) is 46.3 Å². The van der Waals surface area contributed by atoms with Gasteiger partial charge in [0, 0.05) is 16.6 Å². The standard InChI is InChI=1S/C17H13BrClNO2/c18-14-11-13(19)6-7-15(14)21-9-10-22-16-5-1-3-12-4-2-8-20-17(12)16/h1-8,11H,9-10H2. The summed E-state index contributed by atoms with van der Waals surface area (Å²) >= 11 is 9.31. The Labute approximate surface area is 142 Å². The summed E-state index contributed by atoms with van der Waals surface area (Å²) in [5.41, 5.74) is 0.859. The minimum absolute atomic E-state index is 0.434. The molecule has 0 spiro atoms. The molecule has 3 rings (SSSR count). The van der Waals surface area contributed by atoms with Gasteiger partial charge in [-0.2, -0.15) is 0 Å². The first-order valence-electron chi connectivity index (χ1n) is 6.78. The normalized spacial score (nSPS) is 10.6. The van der Waals surface area contributed by atoms with E-state index in [4.69, 9.17) is 21.1 Å². The highest BCUT2D eigenvalue weighted by molar-refractivity contribution is 9.10. The number of halogens is 2. The summed E-state index contributed by atoms with van der Waals surface area (Å²) in [5.74, 6) is 1.50. The third kappa shape index (κ3) is 3.51. The minimum atomic E-state index is 0.434. The fraction of sp³-hybridized carbons (Fsp3) is 0.118. The van der Waals surface area contributed by atoms with Crippen molar-refractivity contribution in [3.63, 3.8) is 0 Å². The van der Waals surface area contributed by atoms with E-state index in [9.17, 15) is 0 Å². The Bertz CT molecular complexity index is 789. The van der Waals surface area contributed by atoms with Crippen LogP contribution in [-0.4, -0.2) is 18.2 Å². The van der Waals surface area contributed by atoms with Crippen LogP contribution in [0.2, 0.25) is 5.02 Å².